The zero-order chi connectivity index (χ0) is 9.47. The highest BCUT2D eigenvalue weighted by atomic mass is 14.8. The average molecular weight is 171 g/mol. The van der Waals surface area contributed by atoms with Gasteiger partial charge in [0.25, 0.3) is 0 Å². The molecule has 1 nitrogen and oxygen atoms in total. The quantitative estimate of drug-likeness (QED) is 0.529. The third-order valence-corrected chi connectivity index (χ3v) is 2.77. The summed E-state index contributed by atoms with van der Waals surface area (Å²) < 4.78 is 0. The first kappa shape index (κ1) is 8.31. The fourth-order valence-corrected chi connectivity index (χ4v) is 2.05. The van der Waals surface area contributed by atoms with Crippen LogP contribution < -0.4 is 0 Å². The van der Waals surface area contributed by atoms with Crippen molar-refractivity contribution in [3.63, 3.8) is 0 Å². The first-order valence-electron chi connectivity index (χ1n) is 4.60. The van der Waals surface area contributed by atoms with E-state index in [0.717, 1.165) is 12.8 Å². The largest absolute Gasteiger partial charge is 0.310 e. The van der Waals surface area contributed by atoms with Crippen molar-refractivity contribution in [2.24, 2.45) is 0 Å². The summed E-state index contributed by atoms with van der Waals surface area (Å²) in [5.74, 6) is 0. The molecule has 0 radical (unpaired) electrons. The Morgan fingerprint density at radius 1 is 1.31 bits per heavy atom. The van der Waals surface area contributed by atoms with Crippen LogP contribution in [-0.4, -0.2) is 5.54 Å². The number of benzene rings is 1. The molecule has 1 aromatic carbocycles. The highest BCUT2D eigenvalue weighted by Crippen LogP contribution is 2.33. The van der Waals surface area contributed by atoms with Gasteiger partial charge < -0.3 is 4.85 Å². The lowest BCUT2D eigenvalue weighted by molar-refractivity contribution is 0.590. The van der Waals surface area contributed by atoms with Crippen LogP contribution in [0.5, 0.6) is 0 Å². The SMILES string of the molecule is [C-]#[N+]C1(C)Cc2ccc(C)cc2C1. The molecule has 1 heteroatoms. The van der Waals surface area contributed by atoms with Crippen LogP contribution >= 0.6 is 0 Å². The van der Waals surface area contributed by atoms with Gasteiger partial charge in [-0.3, -0.25) is 0 Å². The molecule has 1 aliphatic rings. The Bertz CT molecular complexity index is 387. The Balaban J connectivity index is 2.42. The molecule has 1 aromatic rings. The van der Waals surface area contributed by atoms with Crippen LogP contribution in [0, 0.1) is 13.5 Å². The van der Waals surface area contributed by atoms with E-state index in [1.807, 2.05) is 0 Å². The lowest BCUT2D eigenvalue weighted by Crippen LogP contribution is -2.19. The third kappa shape index (κ3) is 1.33. The zero-order valence-electron chi connectivity index (χ0n) is 8.09. The predicted molar refractivity (Wildman–Crippen MR) is 53.6 cm³/mol. The summed E-state index contributed by atoms with van der Waals surface area (Å²) in [6, 6.07) is 6.52. The van der Waals surface area contributed by atoms with E-state index in [1.165, 1.54) is 16.7 Å². The molecule has 1 unspecified atom stereocenters. The number of rotatable bonds is 0. The second-order valence-corrected chi connectivity index (χ2v) is 4.23. The molecule has 0 fully saturated rings. The first-order valence-corrected chi connectivity index (χ1v) is 4.60. The maximum absolute atomic E-state index is 7.15. The zero-order valence-corrected chi connectivity index (χ0v) is 8.09. The molecule has 0 aromatic heterocycles. The molecule has 0 bridgehead atoms. The van der Waals surface area contributed by atoms with Gasteiger partial charge in [-0.2, -0.15) is 0 Å². The van der Waals surface area contributed by atoms with Crippen molar-refractivity contribution in [1.29, 1.82) is 0 Å². The van der Waals surface area contributed by atoms with Crippen molar-refractivity contribution in [3.8, 4) is 0 Å². The highest BCUT2D eigenvalue weighted by Gasteiger charge is 2.38. The molecule has 0 amide bonds. The number of aryl methyl sites for hydroxylation is 1. The number of hydrogen-bond acceptors (Lipinski definition) is 0. The second kappa shape index (κ2) is 2.60. The van der Waals surface area contributed by atoms with Crippen LogP contribution in [0.4, 0.5) is 0 Å². The van der Waals surface area contributed by atoms with Crippen LogP contribution in [0.1, 0.15) is 23.6 Å². The van der Waals surface area contributed by atoms with Crippen LogP contribution in [0.3, 0.4) is 0 Å². The summed E-state index contributed by atoms with van der Waals surface area (Å²) in [4.78, 5) is 3.71. The topological polar surface area (TPSA) is 4.36 Å². The van der Waals surface area contributed by atoms with E-state index in [2.05, 4.69) is 36.9 Å². The minimum absolute atomic E-state index is 0.171. The van der Waals surface area contributed by atoms with Gasteiger partial charge in [-0.1, -0.05) is 23.8 Å². The van der Waals surface area contributed by atoms with E-state index in [0.29, 0.717) is 0 Å². The Kier molecular flexibility index (Phi) is 1.66. The van der Waals surface area contributed by atoms with Crippen molar-refractivity contribution in [2.75, 3.05) is 0 Å². The standard InChI is InChI=1S/C12H13N/c1-9-4-5-10-7-12(2,13-3)8-11(10)6-9/h4-6H,7-8H2,1-2H3. The Hall–Kier alpha value is -1.29. The summed E-state index contributed by atoms with van der Waals surface area (Å²) in [7, 11) is 0. The van der Waals surface area contributed by atoms with Gasteiger partial charge in [0.1, 0.15) is 0 Å². The highest BCUT2D eigenvalue weighted by molar-refractivity contribution is 5.40. The van der Waals surface area contributed by atoms with Gasteiger partial charge in [-0.25, -0.2) is 6.57 Å². The van der Waals surface area contributed by atoms with Crippen molar-refractivity contribution >= 4 is 0 Å². The monoisotopic (exact) mass is 171 g/mol. The number of nitrogens with zero attached hydrogens (tertiary/aromatic N) is 1. The molecule has 13 heavy (non-hydrogen) atoms. The summed E-state index contributed by atoms with van der Waals surface area (Å²) in [6.07, 6.45) is 1.85. The molecule has 0 heterocycles. The summed E-state index contributed by atoms with van der Waals surface area (Å²) >= 11 is 0. The number of hydrogen-bond donors (Lipinski definition) is 0. The van der Waals surface area contributed by atoms with E-state index in [1.54, 1.807) is 0 Å². The smallest absolute Gasteiger partial charge is 0.237 e. The van der Waals surface area contributed by atoms with Crippen molar-refractivity contribution in [2.45, 2.75) is 32.2 Å². The van der Waals surface area contributed by atoms with Crippen molar-refractivity contribution in [3.05, 3.63) is 46.3 Å². The van der Waals surface area contributed by atoms with Gasteiger partial charge in [0.2, 0.25) is 5.54 Å². The lowest BCUT2D eigenvalue weighted by atomic mass is 10.0. The molecular weight excluding hydrogens is 158 g/mol. The molecule has 0 saturated heterocycles. The molecular formula is C12H13N. The maximum atomic E-state index is 7.15. The van der Waals surface area contributed by atoms with E-state index < -0.39 is 0 Å². The fourth-order valence-electron chi connectivity index (χ4n) is 2.05. The first-order chi connectivity index (χ1) is 6.13. The Morgan fingerprint density at radius 3 is 2.69 bits per heavy atom. The van der Waals surface area contributed by atoms with Gasteiger partial charge in [0.15, 0.2) is 0 Å². The predicted octanol–water partition coefficient (Wildman–Crippen LogP) is 2.77. The van der Waals surface area contributed by atoms with E-state index in [4.69, 9.17) is 6.57 Å². The van der Waals surface area contributed by atoms with Gasteiger partial charge in [-0.15, -0.1) is 0 Å². The molecule has 66 valence electrons. The maximum Gasteiger partial charge on any atom is 0.237 e. The van der Waals surface area contributed by atoms with Gasteiger partial charge in [-0.05, 0) is 18.1 Å². The molecule has 1 atom stereocenters. The average Bonchev–Trinajstić information content (AvgIpc) is 2.42. The van der Waals surface area contributed by atoms with Crippen molar-refractivity contribution in [1.82, 2.24) is 0 Å². The fraction of sp³-hybridized carbons (Fsp3) is 0.417. The van der Waals surface area contributed by atoms with Crippen LogP contribution in [-0.2, 0) is 12.8 Å². The Labute approximate surface area is 79.2 Å². The summed E-state index contributed by atoms with van der Waals surface area (Å²) in [5, 5.41) is 0. The van der Waals surface area contributed by atoms with E-state index in [-0.39, 0.29) is 5.54 Å². The molecule has 0 aliphatic heterocycles. The van der Waals surface area contributed by atoms with Gasteiger partial charge in [0.05, 0.1) is 12.8 Å². The van der Waals surface area contributed by atoms with Gasteiger partial charge >= 0.3 is 0 Å². The lowest BCUT2D eigenvalue weighted by Gasteiger charge is -2.06. The van der Waals surface area contributed by atoms with E-state index in [9.17, 15) is 0 Å². The third-order valence-electron chi connectivity index (χ3n) is 2.77. The Morgan fingerprint density at radius 2 is 2.00 bits per heavy atom. The molecule has 0 spiro atoms. The van der Waals surface area contributed by atoms with Gasteiger partial charge in [0, 0.05) is 6.92 Å². The molecule has 2 rings (SSSR count). The number of fused-ring (bicyclic) bond motifs is 1. The van der Waals surface area contributed by atoms with Crippen LogP contribution in [0.2, 0.25) is 0 Å². The minimum Gasteiger partial charge on any atom is -0.310 e. The molecule has 0 N–H and O–H groups in total. The minimum atomic E-state index is -0.171. The van der Waals surface area contributed by atoms with Crippen LogP contribution in [0.15, 0.2) is 18.2 Å². The van der Waals surface area contributed by atoms with E-state index >= 15 is 0 Å². The summed E-state index contributed by atoms with van der Waals surface area (Å²) in [6.45, 7) is 11.3. The van der Waals surface area contributed by atoms with Crippen LogP contribution in [0.25, 0.3) is 4.85 Å². The molecule has 1 aliphatic carbocycles. The summed E-state index contributed by atoms with van der Waals surface area (Å²) in [5.41, 5.74) is 3.87. The molecule has 0 saturated carbocycles. The van der Waals surface area contributed by atoms with Crippen molar-refractivity contribution < 1.29 is 0 Å². The normalized spacial score (nSPS) is 25.3. The second-order valence-electron chi connectivity index (χ2n) is 4.23.